The van der Waals surface area contributed by atoms with Gasteiger partial charge in [0.15, 0.2) is 0 Å². The lowest BCUT2D eigenvalue weighted by Gasteiger charge is -2.04. The Kier molecular flexibility index (Phi) is 4.07. The summed E-state index contributed by atoms with van der Waals surface area (Å²) in [4.78, 5) is 15.4. The van der Waals surface area contributed by atoms with Crippen LogP contribution < -0.4 is 11.1 Å². The quantitative estimate of drug-likeness (QED) is 0.828. The number of aromatic nitrogens is 1. The largest absolute Gasteiger partial charge is 0.399 e. The van der Waals surface area contributed by atoms with Crippen molar-refractivity contribution in [3.05, 3.63) is 54.0 Å². The van der Waals surface area contributed by atoms with E-state index in [0.717, 1.165) is 11.8 Å². The normalized spacial score (nSPS) is 10.2. The lowest BCUT2D eigenvalue weighted by molar-refractivity contribution is -0.116. The lowest BCUT2D eigenvalue weighted by Crippen LogP contribution is -2.13. The number of benzene rings is 1. The number of pyridine rings is 1. The molecule has 0 spiro atoms. The minimum atomic E-state index is -0.431. The van der Waals surface area contributed by atoms with Crippen molar-refractivity contribution < 1.29 is 9.18 Å². The molecule has 1 amide bonds. The minimum Gasteiger partial charge on any atom is -0.399 e. The van der Waals surface area contributed by atoms with Crippen LogP contribution in [0.15, 0.2) is 42.6 Å². The van der Waals surface area contributed by atoms with Gasteiger partial charge < -0.3 is 11.1 Å². The highest BCUT2D eigenvalue weighted by Crippen LogP contribution is 2.09. The van der Waals surface area contributed by atoms with Crippen LogP contribution in [0.1, 0.15) is 12.0 Å². The summed E-state index contributed by atoms with van der Waals surface area (Å²) in [6.45, 7) is 0. The summed E-state index contributed by atoms with van der Waals surface area (Å²) < 4.78 is 12.6. The molecule has 0 atom stereocenters. The molecule has 0 bridgehead atoms. The zero-order chi connectivity index (χ0) is 13.7. The Morgan fingerprint density at radius 2 is 1.95 bits per heavy atom. The molecule has 0 aliphatic rings. The molecule has 0 aliphatic carbocycles. The average Bonchev–Trinajstić information content (AvgIpc) is 2.41. The molecule has 1 heterocycles. The molecule has 0 saturated heterocycles. The van der Waals surface area contributed by atoms with E-state index in [1.807, 2.05) is 12.1 Å². The maximum absolute atomic E-state index is 12.6. The Bertz CT molecular complexity index is 552. The fourth-order valence-corrected chi connectivity index (χ4v) is 1.60. The highest BCUT2D eigenvalue weighted by molar-refractivity contribution is 5.89. The Hall–Kier alpha value is -2.43. The number of rotatable bonds is 4. The standard InChI is InChI=1S/C14H14FN3O/c15-11-4-7-13(17-9-11)18-14(19)8-3-10-1-5-12(16)6-2-10/h1-2,4-7,9H,3,8,16H2,(H,17,18,19). The van der Waals surface area contributed by atoms with Crippen molar-refractivity contribution in [2.45, 2.75) is 12.8 Å². The summed E-state index contributed by atoms with van der Waals surface area (Å²) in [6, 6.07) is 10.1. The molecular formula is C14H14FN3O. The highest BCUT2D eigenvalue weighted by atomic mass is 19.1. The number of nitrogens with zero attached hydrogens (tertiary/aromatic N) is 1. The first-order valence-corrected chi connectivity index (χ1v) is 5.89. The third kappa shape index (κ3) is 4.06. The number of aryl methyl sites for hydroxylation is 1. The number of anilines is 2. The summed E-state index contributed by atoms with van der Waals surface area (Å²) in [6.07, 6.45) is 2.02. The van der Waals surface area contributed by atoms with Gasteiger partial charge in [-0.1, -0.05) is 12.1 Å². The van der Waals surface area contributed by atoms with E-state index in [-0.39, 0.29) is 5.91 Å². The van der Waals surface area contributed by atoms with Crippen LogP contribution in [0.2, 0.25) is 0 Å². The fourth-order valence-electron chi connectivity index (χ4n) is 1.60. The summed E-state index contributed by atoms with van der Waals surface area (Å²) in [5.41, 5.74) is 7.32. The predicted molar refractivity (Wildman–Crippen MR) is 72.0 cm³/mol. The topological polar surface area (TPSA) is 68.0 Å². The van der Waals surface area contributed by atoms with Gasteiger partial charge in [0.25, 0.3) is 0 Å². The van der Waals surface area contributed by atoms with E-state index >= 15 is 0 Å². The lowest BCUT2D eigenvalue weighted by atomic mass is 10.1. The summed E-state index contributed by atoms with van der Waals surface area (Å²) in [5.74, 6) is -0.237. The number of carbonyl (C=O) groups excluding carboxylic acids is 1. The third-order valence-corrected chi connectivity index (χ3v) is 2.62. The van der Waals surface area contributed by atoms with E-state index in [9.17, 15) is 9.18 Å². The zero-order valence-electron chi connectivity index (χ0n) is 10.3. The number of hydrogen-bond donors (Lipinski definition) is 2. The van der Waals surface area contributed by atoms with Crippen LogP contribution in [-0.4, -0.2) is 10.9 Å². The minimum absolute atomic E-state index is 0.157. The van der Waals surface area contributed by atoms with Crippen molar-refractivity contribution in [1.29, 1.82) is 0 Å². The molecule has 0 radical (unpaired) electrons. The van der Waals surface area contributed by atoms with Crippen molar-refractivity contribution in [2.75, 3.05) is 11.1 Å². The SMILES string of the molecule is Nc1ccc(CCC(=O)Nc2ccc(F)cn2)cc1. The number of hydrogen-bond acceptors (Lipinski definition) is 3. The van der Waals surface area contributed by atoms with E-state index in [2.05, 4.69) is 10.3 Å². The first kappa shape index (κ1) is 13.0. The van der Waals surface area contributed by atoms with Gasteiger partial charge in [-0.15, -0.1) is 0 Å². The smallest absolute Gasteiger partial charge is 0.225 e. The van der Waals surface area contributed by atoms with Crippen LogP contribution in [0.4, 0.5) is 15.9 Å². The van der Waals surface area contributed by atoms with E-state index in [1.54, 1.807) is 12.1 Å². The highest BCUT2D eigenvalue weighted by Gasteiger charge is 2.04. The number of amides is 1. The van der Waals surface area contributed by atoms with Gasteiger partial charge >= 0.3 is 0 Å². The molecule has 0 fully saturated rings. The second kappa shape index (κ2) is 5.95. The van der Waals surface area contributed by atoms with Crippen molar-refractivity contribution in [3.8, 4) is 0 Å². The van der Waals surface area contributed by atoms with Gasteiger partial charge in [-0.05, 0) is 36.2 Å². The molecule has 2 rings (SSSR count). The Labute approximate surface area is 110 Å². The predicted octanol–water partition coefficient (Wildman–Crippen LogP) is 2.37. The maximum atomic E-state index is 12.6. The van der Waals surface area contributed by atoms with Crippen LogP contribution in [0.5, 0.6) is 0 Å². The van der Waals surface area contributed by atoms with Gasteiger partial charge in [-0.25, -0.2) is 9.37 Å². The van der Waals surface area contributed by atoms with E-state index in [0.29, 0.717) is 24.3 Å². The average molecular weight is 259 g/mol. The Morgan fingerprint density at radius 1 is 1.21 bits per heavy atom. The molecule has 5 heteroatoms. The van der Waals surface area contributed by atoms with E-state index in [4.69, 9.17) is 5.73 Å². The zero-order valence-corrected chi connectivity index (χ0v) is 10.3. The third-order valence-electron chi connectivity index (χ3n) is 2.62. The molecule has 19 heavy (non-hydrogen) atoms. The van der Waals surface area contributed by atoms with Gasteiger partial charge in [0.05, 0.1) is 6.20 Å². The summed E-state index contributed by atoms with van der Waals surface area (Å²) in [7, 11) is 0. The molecular weight excluding hydrogens is 245 g/mol. The van der Waals surface area contributed by atoms with Gasteiger partial charge in [0, 0.05) is 12.1 Å². The number of nitrogens with one attached hydrogen (secondary N) is 1. The van der Waals surface area contributed by atoms with Crippen LogP contribution in [0.3, 0.4) is 0 Å². The molecule has 4 nitrogen and oxygen atoms in total. The van der Waals surface area contributed by atoms with Gasteiger partial charge in [-0.2, -0.15) is 0 Å². The fraction of sp³-hybridized carbons (Fsp3) is 0.143. The second-order valence-electron chi connectivity index (χ2n) is 4.15. The summed E-state index contributed by atoms with van der Waals surface area (Å²) in [5, 5.41) is 2.61. The van der Waals surface area contributed by atoms with Crippen LogP contribution in [-0.2, 0) is 11.2 Å². The first-order chi connectivity index (χ1) is 9.13. The molecule has 3 N–H and O–H groups in total. The van der Waals surface area contributed by atoms with Crippen molar-refractivity contribution in [2.24, 2.45) is 0 Å². The molecule has 1 aromatic carbocycles. The first-order valence-electron chi connectivity index (χ1n) is 5.89. The van der Waals surface area contributed by atoms with Crippen molar-refractivity contribution in [3.63, 3.8) is 0 Å². The number of nitrogen functional groups attached to an aromatic ring is 1. The van der Waals surface area contributed by atoms with Crippen molar-refractivity contribution in [1.82, 2.24) is 4.98 Å². The maximum Gasteiger partial charge on any atom is 0.225 e. The molecule has 0 saturated carbocycles. The molecule has 1 aromatic heterocycles. The van der Waals surface area contributed by atoms with E-state index in [1.165, 1.54) is 12.1 Å². The Morgan fingerprint density at radius 3 is 2.58 bits per heavy atom. The number of nitrogens with two attached hydrogens (primary N) is 1. The molecule has 0 unspecified atom stereocenters. The Balaban J connectivity index is 1.84. The van der Waals surface area contributed by atoms with Crippen molar-refractivity contribution >= 4 is 17.4 Å². The monoisotopic (exact) mass is 259 g/mol. The van der Waals surface area contributed by atoms with Crippen LogP contribution in [0.25, 0.3) is 0 Å². The second-order valence-corrected chi connectivity index (χ2v) is 4.15. The van der Waals surface area contributed by atoms with Gasteiger partial charge in [-0.3, -0.25) is 4.79 Å². The molecule has 0 aliphatic heterocycles. The molecule has 2 aromatic rings. The van der Waals surface area contributed by atoms with Gasteiger partial charge in [0.2, 0.25) is 5.91 Å². The van der Waals surface area contributed by atoms with E-state index < -0.39 is 5.82 Å². The van der Waals surface area contributed by atoms with Crippen LogP contribution in [0, 0.1) is 5.82 Å². The van der Waals surface area contributed by atoms with Gasteiger partial charge in [0.1, 0.15) is 11.6 Å². The number of halogens is 1. The molecule has 98 valence electrons. The van der Waals surface area contributed by atoms with Crippen LogP contribution >= 0.6 is 0 Å². The summed E-state index contributed by atoms with van der Waals surface area (Å²) >= 11 is 0. The number of carbonyl (C=O) groups is 1.